The van der Waals surface area contributed by atoms with Gasteiger partial charge >= 0.3 is 0 Å². The highest BCUT2D eigenvalue weighted by molar-refractivity contribution is 5.94. The van der Waals surface area contributed by atoms with Crippen molar-refractivity contribution in [2.45, 2.75) is 6.54 Å². The molecule has 20 heavy (non-hydrogen) atoms. The molecule has 1 aromatic carbocycles. The van der Waals surface area contributed by atoms with E-state index in [1.54, 1.807) is 43.6 Å². The van der Waals surface area contributed by atoms with E-state index in [-0.39, 0.29) is 18.0 Å². The van der Waals surface area contributed by atoms with Gasteiger partial charge in [-0.15, -0.1) is 0 Å². The number of carbonyl (C=O) groups is 1. The Bertz CT molecular complexity index is 741. The van der Waals surface area contributed by atoms with Gasteiger partial charge in [0.25, 0.3) is 11.5 Å². The van der Waals surface area contributed by atoms with E-state index in [2.05, 4.69) is 5.32 Å². The number of nitrogens with one attached hydrogen (secondary N) is 1. The number of nitrogens with zero attached hydrogens (tertiary/aromatic N) is 2. The Balaban J connectivity index is 2.11. The molecule has 1 amide bonds. The lowest BCUT2D eigenvalue weighted by molar-refractivity contribution is 0.0950. The fraction of sp³-hybridized carbons (Fsp3) is 0.133. The summed E-state index contributed by atoms with van der Waals surface area (Å²) in [6.45, 7) is 0.156. The number of carbonyl (C=O) groups excluding carboxylic acids is 1. The molecule has 0 bridgehead atoms. The van der Waals surface area contributed by atoms with Gasteiger partial charge in [-0.2, -0.15) is 5.26 Å². The zero-order valence-corrected chi connectivity index (χ0v) is 11.0. The van der Waals surface area contributed by atoms with E-state index >= 15 is 0 Å². The molecule has 0 saturated heterocycles. The maximum Gasteiger partial charge on any atom is 0.255 e. The van der Waals surface area contributed by atoms with Crippen LogP contribution in [0.15, 0.2) is 47.4 Å². The highest BCUT2D eigenvalue weighted by atomic mass is 16.2. The van der Waals surface area contributed by atoms with Gasteiger partial charge in [-0.25, -0.2) is 0 Å². The molecule has 5 nitrogen and oxygen atoms in total. The summed E-state index contributed by atoms with van der Waals surface area (Å²) in [6, 6.07) is 11.8. The smallest absolute Gasteiger partial charge is 0.255 e. The fourth-order valence-corrected chi connectivity index (χ4v) is 1.80. The maximum absolute atomic E-state index is 12.0. The Labute approximate surface area is 116 Å². The lowest BCUT2D eigenvalue weighted by Gasteiger charge is -2.06. The predicted molar refractivity (Wildman–Crippen MR) is 74.0 cm³/mol. The Morgan fingerprint density at radius 2 is 2.15 bits per heavy atom. The van der Waals surface area contributed by atoms with Crippen LogP contribution in [0.4, 0.5) is 0 Å². The van der Waals surface area contributed by atoms with Crippen LogP contribution >= 0.6 is 0 Å². The molecule has 0 atom stereocenters. The van der Waals surface area contributed by atoms with E-state index < -0.39 is 0 Å². The maximum atomic E-state index is 12.0. The Kier molecular flexibility index (Phi) is 3.96. The largest absolute Gasteiger partial charge is 0.348 e. The average Bonchev–Trinajstić information content (AvgIpc) is 2.48. The van der Waals surface area contributed by atoms with Crippen LogP contribution in [0, 0.1) is 11.3 Å². The first kappa shape index (κ1) is 13.6. The van der Waals surface area contributed by atoms with E-state index in [0.717, 1.165) is 0 Å². The second-order valence-corrected chi connectivity index (χ2v) is 4.32. The van der Waals surface area contributed by atoms with Gasteiger partial charge in [-0.3, -0.25) is 9.59 Å². The second-order valence-electron chi connectivity index (χ2n) is 4.32. The molecule has 0 fully saturated rings. The summed E-state index contributed by atoms with van der Waals surface area (Å²) < 4.78 is 1.46. The SMILES string of the molecule is Cn1cccc(CNC(=O)c2cccc(C#N)c2)c1=O. The van der Waals surface area contributed by atoms with Crippen LogP contribution < -0.4 is 10.9 Å². The van der Waals surface area contributed by atoms with Gasteiger partial charge in [0, 0.05) is 30.9 Å². The van der Waals surface area contributed by atoms with E-state index in [4.69, 9.17) is 5.26 Å². The van der Waals surface area contributed by atoms with E-state index in [1.807, 2.05) is 6.07 Å². The summed E-state index contributed by atoms with van der Waals surface area (Å²) in [5.41, 5.74) is 1.20. The molecule has 5 heteroatoms. The van der Waals surface area contributed by atoms with Crippen LogP contribution in [-0.2, 0) is 13.6 Å². The Hall–Kier alpha value is -2.87. The molecule has 2 rings (SSSR count). The number of pyridine rings is 1. The topological polar surface area (TPSA) is 74.9 Å². The minimum absolute atomic E-state index is 0.140. The zero-order valence-electron chi connectivity index (χ0n) is 11.0. The quantitative estimate of drug-likeness (QED) is 0.907. The number of aromatic nitrogens is 1. The van der Waals surface area contributed by atoms with Gasteiger partial charge in [-0.05, 0) is 24.3 Å². The van der Waals surface area contributed by atoms with Crippen molar-refractivity contribution < 1.29 is 4.79 Å². The molecule has 100 valence electrons. The Morgan fingerprint density at radius 1 is 1.35 bits per heavy atom. The first-order valence-corrected chi connectivity index (χ1v) is 6.04. The summed E-state index contributed by atoms with van der Waals surface area (Å²) in [7, 11) is 1.66. The van der Waals surface area contributed by atoms with Gasteiger partial charge < -0.3 is 9.88 Å². The normalized spacial score (nSPS) is 9.80. The van der Waals surface area contributed by atoms with Crippen LogP contribution in [0.1, 0.15) is 21.5 Å². The summed E-state index contributed by atoms with van der Waals surface area (Å²) >= 11 is 0. The number of aryl methyl sites for hydroxylation is 1. The van der Waals surface area contributed by atoms with Crippen molar-refractivity contribution in [3.8, 4) is 6.07 Å². The van der Waals surface area contributed by atoms with Crippen LogP contribution in [0.5, 0.6) is 0 Å². The summed E-state index contributed by atoms with van der Waals surface area (Å²) in [5.74, 6) is -0.312. The minimum Gasteiger partial charge on any atom is -0.348 e. The molecular weight excluding hydrogens is 254 g/mol. The van der Waals surface area contributed by atoms with Crippen molar-refractivity contribution in [1.29, 1.82) is 5.26 Å². The van der Waals surface area contributed by atoms with E-state index in [9.17, 15) is 9.59 Å². The van der Waals surface area contributed by atoms with Crippen molar-refractivity contribution in [3.05, 3.63) is 69.6 Å². The highest BCUT2D eigenvalue weighted by Gasteiger charge is 2.07. The third kappa shape index (κ3) is 2.93. The standard InChI is InChI=1S/C15H13N3O2/c1-18-7-3-6-13(15(18)20)10-17-14(19)12-5-2-4-11(8-12)9-16/h2-8H,10H2,1H3,(H,17,19). The molecular formula is C15H13N3O2. The molecule has 1 aromatic heterocycles. The van der Waals surface area contributed by atoms with Crippen molar-refractivity contribution in [2.75, 3.05) is 0 Å². The molecule has 2 aromatic rings. The summed E-state index contributed by atoms with van der Waals surface area (Å²) in [5, 5.41) is 11.5. The lowest BCUT2D eigenvalue weighted by atomic mass is 10.1. The van der Waals surface area contributed by atoms with Gasteiger partial charge in [0.1, 0.15) is 0 Å². The van der Waals surface area contributed by atoms with Crippen molar-refractivity contribution in [1.82, 2.24) is 9.88 Å². The molecule has 1 N–H and O–H groups in total. The molecule has 0 saturated carbocycles. The molecule has 0 aliphatic rings. The van der Waals surface area contributed by atoms with Crippen molar-refractivity contribution >= 4 is 5.91 Å². The number of nitriles is 1. The molecule has 0 aliphatic carbocycles. The number of hydrogen-bond donors (Lipinski definition) is 1. The first-order valence-electron chi connectivity index (χ1n) is 6.04. The van der Waals surface area contributed by atoms with E-state index in [1.165, 1.54) is 10.6 Å². The summed E-state index contributed by atoms with van der Waals surface area (Å²) in [4.78, 5) is 23.7. The van der Waals surface area contributed by atoms with Gasteiger partial charge in [-0.1, -0.05) is 12.1 Å². The molecule has 0 unspecified atom stereocenters. The predicted octanol–water partition coefficient (Wildman–Crippen LogP) is 1.19. The molecule has 1 heterocycles. The van der Waals surface area contributed by atoms with Crippen molar-refractivity contribution in [3.63, 3.8) is 0 Å². The number of hydrogen-bond acceptors (Lipinski definition) is 3. The molecule has 0 spiro atoms. The molecule has 0 aliphatic heterocycles. The van der Waals surface area contributed by atoms with Gasteiger partial charge in [0.05, 0.1) is 11.6 Å². The first-order chi connectivity index (χ1) is 9.61. The minimum atomic E-state index is -0.312. The van der Waals surface area contributed by atoms with Crippen LogP contribution in [0.25, 0.3) is 0 Å². The number of benzene rings is 1. The third-order valence-corrected chi connectivity index (χ3v) is 2.90. The average molecular weight is 267 g/mol. The zero-order chi connectivity index (χ0) is 14.5. The third-order valence-electron chi connectivity index (χ3n) is 2.90. The fourth-order valence-electron chi connectivity index (χ4n) is 1.80. The van der Waals surface area contributed by atoms with Crippen LogP contribution in [-0.4, -0.2) is 10.5 Å². The lowest BCUT2D eigenvalue weighted by Crippen LogP contribution is -2.28. The Morgan fingerprint density at radius 3 is 2.90 bits per heavy atom. The van der Waals surface area contributed by atoms with Crippen LogP contribution in [0.2, 0.25) is 0 Å². The molecule has 0 radical (unpaired) electrons. The van der Waals surface area contributed by atoms with Gasteiger partial charge in [0.2, 0.25) is 0 Å². The van der Waals surface area contributed by atoms with Gasteiger partial charge in [0.15, 0.2) is 0 Å². The second kappa shape index (κ2) is 5.85. The van der Waals surface area contributed by atoms with Crippen molar-refractivity contribution in [2.24, 2.45) is 7.05 Å². The monoisotopic (exact) mass is 267 g/mol. The number of rotatable bonds is 3. The van der Waals surface area contributed by atoms with E-state index in [0.29, 0.717) is 16.7 Å². The van der Waals surface area contributed by atoms with Crippen LogP contribution in [0.3, 0.4) is 0 Å². The highest BCUT2D eigenvalue weighted by Crippen LogP contribution is 2.04. The summed E-state index contributed by atoms with van der Waals surface area (Å²) in [6.07, 6.45) is 1.66. The number of amides is 1.